The van der Waals surface area contributed by atoms with Crippen LogP contribution in [0.1, 0.15) is 55.3 Å². The summed E-state index contributed by atoms with van der Waals surface area (Å²) in [5.41, 5.74) is 0.411. The number of benzene rings is 1. The fourth-order valence-corrected chi connectivity index (χ4v) is 4.05. The minimum absolute atomic E-state index is 0.0783. The van der Waals surface area contributed by atoms with Crippen LogP contribution >= 0.6 is 0 Å². The predicted octanol–water partition coefficient (Wildman–Crippen LogP) is 2.16. The summed E-state index contributed by atoms with van der Waals surface area (Å²) in [6.07, 6.45) is 5.73. The standard InChI is InChI=1S/C21H29FN2O4/c22-16-7-5-15(6-8-16)20(26)23-12-11-17-9-10-18(19(13-25)28-17)24-21(27)14-3-1-2-4-14/h5-8,14,17-19,25H,1-4,9-13H2,(H,23,26)(H,24,27)/t17-,18-,19-/m1/s1. The van der Waals surface area contributed by atoms with Gasteiger partial charge in [0, 0.05) is 18.0 Å². The molecule has 7 heteroatoms. The monoisotopic (exact) mass is 392 g/mol. The Kier molecular flexibility index (Phi) is 7.39. The second-order valence-electron chi connectivity index (χ2n) is 7.70. The summed E-state index contributed by atoms with van der Waals surface area (Å²) < 4.78 is 18.9. The van der Waals surface area contributed by atoms with Gasteiger partial charge < -0.3 is 20.5 Å². The van der Waals surface area contributed by atoms with E-state index in [0.717, 1.165) is 38.5 Å². The fraction of sp³-hybridized carbons (Fsp3) is 0.619. The van der Waals surface area contributed by atoms with E-state index in [1.54, 1.807) is 0 Å². The van der Waals surface area contributed by atoms with Gasteiger partial charge in [-0.15, -0.1) is 0 Å². The highest BCUT2D eigenvalue weighted by atomic mass is 19.1. The number of hydrogen-bond acceptors (Lipinski definition) is 4. The van der Waals surface area contributed by atoms with Crippen molar-refractivity contribution in [2.45, 2.75) is 63.2 Å². The number of aliphatic hydroxyl groups excluding tert-OH is 1. The van der Waals surface area contributed by atoms with Gasteiger partial charge >= 0.3 is 0 Å². The number of rotatable bonds is 7. The van der Waals surface area contributed by atoms with Gasteiger partial charge in [-0.3, -0.25) is 9.59 Å². The van der Waals surface area contributed by atoms with E-state index in [1.807, 2.05) is 0 Å². The van der Waals surface area contributed by atoms with Crippen molar-refractivity contribution in [1.29, 1.82) is 0 Å². The van der Waals surface area contributed by atoms with Crippen LogP contribution in [0.4, 0.5) is 4.39 Å². The number of amides is 2. The summed E-state index contributed by atoms with van der Waals surface area (Å²) in [6, 6.07) is 5.24. The number of halogens is 1. The smallest absolute Gasteiger partial charge is 0.251 e. The van der Waals surface area contributed by atoms with Crippen LogP contribution in [0.2, 0.25) is 0 Å². The van der Waals surface area contributed by atoms with Gasteiger partial charge in [0.1, 0.15) is 11.9 Å². The molecule has 1 aromatic carbocycles. The van der Waals surface area contributed by atoms with E-state index in [0.29, 0.717) is 18.5 Å². The molecule has 0 unspecified atom stereocenters. The average Bonchev–Trinajstić information content (AvgIpc) is 3.24. The third-order valence-electron chi connectivity index (χ3n) is 5.71. The molecule has 3 rings (SSSR count). The highest BCUT2D eigenvalue weighted by Gasteiger charge is 2.33. The Morgan fingerprint density at radius 2 is 1.82 bits per heavy atom. The van der Waals surface area contributed by atoms with Crippen LogP contribution in [-0.4, -0.2) is 48.3 Å². The van der Waals surface area contributed by atoms with Crippen molar-refractivity contribution in [3.05, 3.63) is 35.6 Å². The second kappa shape index (κ2) is 9.98. The van der Waals surface area contributed by atoms with Crippen LogP contribution in [0.3, 0.4) is 0 Å². The van der Waals surface area contributed by atoms with Crippen molar-refractivity contribution >= 4 is 11.8 Å². The first-order valence-electron chi connectivity index (χ1n) is 10.2. The third-order valence-corrected chi connectivity index (χ3v) is 5.71. The molecule has 2 aliphatic rings. The molecule has 1 saturated carbocycles. The molecule has 3 atom stereocenters. The number of carbonyl (C=O) groups excluding carboxylic acids is 2. The molecule has 1 aliphatic carbocycles. The molecule has 1 aromatic rings. The molecule has 0 radical (unpaired) electrons. The van der Waals surface area contributed by atoms with Crippen LogP contribution in [0.25, 0.3) is 0 Å². The molecule has 1 heterocycles. The minimum Gasteiger partial charge on any atom is -0.394 e. The third kappa shape index (κ3) is 5.52. The van der Waals surface area contributed by atoms with E-state index in [1.165, 1.54) is 24.3 Å². The molecule has 2 fully saturated rings. The minimum atomic E-state index is -0.420. The van der Waals surface area contributed by atoms with Gasteiger partial charge in [-0.25, -0.2) is 4.39 Å². The Bertz CT molecular complexity index is 661. The number of aliphatic hydroxyl groups is 1. The van der Waals surface area contributed by atoms with Gasteiger partial charge in [0.2, 0.25) is 5.91 Å². The van der Waals surface area contributed by atoms with Crippen LogP contribution in [0.15, 0.2) is 24.3 Å². The summed E-state index contributed by atoms with van der Waals surface area (Å²) in [4.78, 5) is 24.4. The first kappa shape index (κ1) is 20.7. The summed E-state index contributed by atoms with van der Waals surface area (Å²) in [5.74, 6) is -0.457. The SMILES string of the molecule is O=C(NCC[C@H]1CC[C@@H](NC(=O)C2CCCC2)[C@@H](CO)O1)c1ccc(F)cc1. The highest BCUT2D eigenvalue weighted by molar-refractivity contribution is 5.94. The molecule has 0 bridgehead atoms. The molecule has 28 heavy (non-hydrogen) atoms. The Balaban J connectivity index is 1.41. The van der Waals surface area contributed by atoms with E-state index in [4.69, 9.17) is 4.74 Å². The van der Waals surface area contributed by atoms with Gasteiger partial charge in [0.15, 0.2) is 0 Å². The van der Waals surface area contributed by atoms with Crippen molar-refractivity contribution < 1.29 is 23.8 Å². The van der Waals surface area contributed by atoms with E-state index in [-0.39, 0.29) is 42.3 Å². The van der Waals surface area contributed by atoms with Gasteiger partial charge in [-0.1, -0.05) is 12.8 Å². The van der Waals surface area contributed by atoms with E-state index >= 15 is 0 Å². The molecule has 2 amide bonds. The molecule has 6 nitrogen and oxygen atoms in total. The van der Waals surface area contributed by atoms with E-state index in [9.17, 15) is 19.1 Å². The van der Waals surface area contributed by atoms with Crippen molar-refractivity contribution in [2.75, 3.05) is 13.2 Å². The quantitative estimate of drug-likeness (QED) is 0.664. The summed E-state index contributed by atoms with van der Waals surface area (Å²) in [7, 11) is 0. The first-order chi connectivity index (χ1) is 13.6. The van der Waals surface area contributed by atoms with E-state index in [2.05, 4.69) is 10.6 Å². The Morgan fingerprint density at radius 1 is 1.11 bits per heavy atom. The van der Waals surface area contributed by atoms with Crippen molar-refractivity contribution in [3.63, 3.8) is 0 Å². The Hall–Kier alpha value is -1.99. The number of ether oxygens (including phenoxy) is 1. The fourth-order valence-electron chi connectivity index (χ4n) is 4.05. The average molecular weight is 392 g/mol. The molecule has 1 saturated heterocycles. The normalized spacial score (nSPS) is 25.4. The maximum absolute atomic E-state index is 12.9. The Labute approximate surface area is 164 Å². The topological polar surface area (TPSA) is 87.7 Å². The molecule has 154 valence electrons. The molecular weight excluding hydrogens is 363 g/mol. The largest absolute Gasteiger partial charge is 0.394 e. The van der Waals surface area contributed by atoms with Gasteiger partial charge in [-0.2, -0.15) is 0 Å². The zero-order chi connectivity index (χ0) is 19.9. The number of nitrogens with one attached hydrogen (secondary N) is 2. The zero-order valence-electron chi connectivity index (χ0n) is 16.0. The van der Waals surface area contributed by atoms with Crippen LogP contribution < -0.4 is 10.6 Å². The summed E-state index contributed by atoms with van der Waals surface area (Å²) >= 11 is 0. The van der Waals surface area contributed by atoms with Crippen LogP contribution in [-0.2, 0) is 9.53 Å². The van der Waals surface area contributed by atoms with Crippen molar-refractivity contribution in [3.8, 4) is 0 Å². The van der Waals surface area contributed by atoms with Crippen LogP contribution in [0.5, 0.6) is 0 Å². The lowest BCUT2D eigenvalue weighted by molar-refractivity contribution is -0.131. The van der Waals surface area contributed by atoms with E-state index < -0.39 is 6.10 Å². The molecule has 0 spiro atoms. The van der Waals surface area contributed by atoms with Gasteiger partial charge in [-0.05, 0) is 56.4 Å². The number of carbonyl (C=O) groups is 2. The summed E-state index contributed by atoms with van der Waals surface area (Å²) in [6.45, 7) is 0.284. The predicted molar refractivity (Wildman–Crippen MR) is 102 cm³/mol. The molecular formula is C21H29FN2O4. The lowest BCUT2D eigenvalue weighted by Gasteiger charge is -2.36. The maximum Gasteiger partial charge on any atom is 0.251 e. The van der Waals surface area contributed by atoms with Gasteiger partial charge in [0.05, 0.1) is 18.8 Å². The molecule has 3 N–H and O–H groups in total. The molecule has 0 aromatic heterocycles. The van der Waals surface area contributed by atoms with Crippen LogP contribution in [0, 0.1) is 11.7 Å². The first-order valence-corrected chi connectivity index (χ1v) is 10.2. The lowest BCUT2D eigenvalue weighted by atomic mass is 9.96. The van der Waals surface area contributed by atoms with Gasteiger partial charge in [0.25, 0.3) is 5.91 Å². The second-order valence-corrected chi connectivity index (χ2v) is 7.70. The lowest BCUT2D eigenvalue weighted by Crippen LogP contribution is -2.52. The van der Waals surface area contributed by atoms with Crippen molar-refractivity contribution in [1.82, 2.24) is 10.6 Å². The zero-order valence-corrected chi connectivity index (χ0v) is 16.0. The Morgan fingerprint density at radius 3 is 2.50 bits per heavy atom. The maximum atomic E-state index is 12.9. The highest BCUT2D eigenvalue weighted by Crippen LogP contribution is 2.26. The summed E-state index contributed by atoms with van der Waals surface area (Å²) in [5, 5.41) is 15.5. The molecule has 1 aliphatic heterocycles. The van der Waals surface area contributed by atoms with Crippen molar-refractivity contribution in [2.24, 2.45) is 5.92 Å². The number of hydrogen-bond donors (Lipinski definition) is 3.